The Bertz CT molecular complexity index is 5890. The maximum absolute atomic E-state index is 5.70. The minimum atomic E-state index is -0.101. The van der Waals surface area contributed by atoms with E-state index < -0.39 is 0 Å². The van der Waals surface area contributed by atoms with Crippen molar-refractivity contribution in [3.8, 4) is 11.6 Å². The smallest absolute Gasteiger partial charge is 0.260 e. The average molecular weight is 1930 g/mol. The van der Waals surface area contributed by atoms with Crippen LogP contribution in [0.1, 0.15) is 449 Å². The summed E-state index contributed by atoms with van der Waals surface area (Å²) in [4.78, 5) is 83.3. The van der Waals surface area contributed by atoms with Gasteiger partial charge in [-0.25, -0.2) is 84.3 Å². The van der Waals surface area contributed by atoms with Crippen molar-refractivity contribution in [2.75, 3.05) is 13.2 Å². The van der Waals surface area contributed by atoms with Crippen LogP contribution >= 0.6 is 22.9 Å². The predicted molar refractivity (Wildman–Crippen MR) is 579 cm³/mol. The van der Waals surface area contributed by atoms with Crippen molar-refractivity contribution in [1.29, 1.82) is 0 Å². The summed E-state index contributed by atoms with van der Waals surface area (Å²) in [5.74, 6) is 8.62. The van der Waals surface area contributed by atoms with Crippen LogP contribution in [0.3, 0.4) is 0 Å². The highest BCUT2D eigenvalue weighted by Gasteiger charge is 2.37. The molecular formula is C113H170N22O2S2. The number of H-pyrrole nitrogens is 1. The van der Waals surface area contributed by atoms with E-state index in [1.54, 1.807) is 17.7 Å². The van der Waals surface area contributed by atoms with Crippen molar-refractivity contribution in [2.45, 2.75) is 445 Å². The summed E-state index contributed by atoms with van der Waals surface area (Å²) in [7, 11) is 0. The third kappa shape index (κ3) is 29.0. The summed E-state index contributed by atoms with van der Waals surface area (Å²) in [6.45, 7) is 105. The number of aromatic amines is 1. The second-order valence-electron chi connectivity index (χ2n) is 53.7. The van der Waals surface area contributed by atoms with Gasteiger partial charge in [0.15, 0.2) is 17.1 Å². The molecule has 14 heterocycles. The molecule has 1 aliphatic carbocycles. The van der Waals surface area contributed by atoms with E-state index >= 15 is 0 Å². The van der Waals surface area contributed by atoms with E-state index in [9.17, 15) is 0 Å². The first-order valence-corrected chi connectivity index (χ1v) is 51.3. The van der Waals surface area contributed by atoms with Crippen LogP contribution in [0.5, 0.6) is 11.6 Å². The number of hydrogen-bond acceptors (Lipinski definition) is 23. The fraction of sp³-hybridized carbons (Fsp3) is 0.619. The van der Waals surface area contributed by atoms with E-state index in [0.717, 1.165) is 153 Å². The Labute approximate surface area is 840 Å². The molecule has 139 heavy (non-hydrogen) atoms. The summed E-state index contributed by atoms with van der Waals surface area (Å²) in [6, 6.07) is 14.4. The van der Waals surface area contributed by atoms with Gasteiger partial charge in [0.1, 0.15) is 70.0 Å². The number of nitrogens with one attached hydrogen (secondary N) is 1. The van der Waals surface area contributed by atoms with Gasteiger partial charge in [-0.05, 0) is 61.0 Å². The van der Waals surface area contributed by atoms with Crippen molar-refractivity contribution < 1.29 is 9.47 Å². The van der Waals surface area contributed by atoms with E-state index in [1.807, 2.05) is 46.9 Å². The van der Waals surface area contributed by atoms with Gasteiger partial charge in [-0.15, -0.1) is 11.3 Å². The minimum Gasteiger partial charge on any atom is -0.483 e. The van der Waals surface area contributed by atoms with Crippen molar-refractivity contribution in [3.63, 3.8) is 0 Å². The Morgan fingerprint density at radius 1 is 0.353 bits per heavy atom. The molecule has 1 N–H and O–H groups in total. The number of fused-ring (bicyclic) bond motifs is 8. The number of aromatic nitrogens is 22. The van der Waals surface area contributed by atoms with Crippen molar-refractivity contribution >= 4 is 76.7 Å². The Hall–Kier alpha value is -9.95. The first-order chi connectivity index (χ1) is 63.0. The summed E-state index contributed by atoms with van der Waals surface area (Å²) in [5, 5.41) is 6.84. The average Bonchev–Trinajstić information content (AvgIpc) is 1.31. The quantitative estimate of drug-likeness (QED) is 0.148. The molecule has 13 aromatic heterocycles. The van der Waals surface area contributed by atoms with E-state index in [0.29, 0.717) is 24.8 Å². The number of nitrogens with zero attached hydrogens (tertiary/aromatic N) is 21. The Morgan fingerprint density at radius 2 is 0.806 bits per heavy atom. The van der Waals surface area contributed by atoms with Crippen LogP contribution in [-0.4, -0.2) is 121 Å². The molecule has 16 rings (SSSR count). The highest BCUT2D eigenvalue weighted by atomic mass is 32.1. The van der Waals surface area contributed by atoms with Gasteiger partial charge >= 0.3 is 0 Å². The lowest BCUT2D eigenvalue weighted by atomic mass is 9.82. The van der Waals surface area contributed by atoms with Gasteiger partial charge in [-0.1, -0.05) is 351 Å². The molecule has 14 aromatic rings. The maximum atomic E-state index is 5.70. The number of benzene rings is 1. The number of para-hydroxylation sites is 1. The number of aryl methyl sites for hydroxylation is 1. The van der Waals surface area contributed by atoms with Crippen molar-refractivity contribution in [1.82, 2.24) is 108 Å². The van der Waals surface area contributed by atoms with Crippen LogP contribution in [0, 0.1) is 0 Å². The van der Waals surface area contributed by atoms with Gasteiger partial charge in [0.05, 0.1) is 84.7 Å². The molecule has 0 saturated heterocycles. The highest BCUT2D eigenvalue weighted by Crippen LogP contribution is 2.43. The Balaban J connectivity index is 0.000000178. The molecule has 0 fully saturated rings. The molecule has 1 aromatic carbocycles. The summed E-state index contributed by atoms with van der Waals surface area (Å²) < 4.78 is 20.7. The zero-order chi connectivity index (χ0) is 105. The minimum absolute atomic E-state index is 0.0141. The van der Waals surface area contributed by atoms with Gasteiger partial charge in [-0.2, -0.15) is 14.5 Å². The first-order valence-electron chi connectivity index (χ1n) is 49.6. The van der Waals surface area contributed by atoms with Crippen LogP contribution in [0.2, 0.25) is 0 Å². The number of imidazole rings is 2. The highest BCUT2D eigenvalue weighted by molar-refractivity contribution is 7.16. The number of thiazole rings is 1. The van der Waals surface area contributed by atoms with Crippen LogP contribution in [0.25, 0.3) is 53.8 Å². The molecule has 756 valence electrons. The Morgan fingerprint density at radius 3 is 1.33 bits per heavy atom. The van der Waals surface area contributed by atoms with Crippen LogP contribution in [0.15, 0.2) is 79.1 Å². The molecule has 0 saturated carbocycles. The summed E-state index contributed by atoms with van der Waals surface area (Å²) in [5.41, 5.74) is 19.0. The van der Waals surface area contributed by atoms with E-state index in [-0.39, 0.29) is 86.6 Å². The van der Waals surface area contributed by atoms with Crippen molar-refractivity contribution in [2.24, 2.45) is 0 Å². The van der Waals surface area contributed by atoms with Gasteiger partial charge in [0.25, 0.3) is 5.88 Å². The molecule has 1 aliphatic heterocycles. The SMILES string of the molecule is CC(C)(C)c1cc2nccn2c(C(C)(C)C)n1.CC(C)(C)c1nc(C(C)(C)C)c2[nH]cnc2n1.CC(C)(C)c1nc(C(C)(C)C)c2ccccc2n1.CC(C)(C)c1nc(C(C)(C)C)c2cccn2n1.CC(C)(C)c1nc(C(C)(C)C)c2cnsc2n1.CC(C)(C)c1nc(C(C)(C)C)c2scnc2n1.CC(C)(C)c1nc2c(c(C(C)(C)C)n1)CCCC2.CC(C)(C)c1nc2c(c(C(C)(C)C)n1)OCCO2. The molecule has 26 heteroatoms. The van der Waals surface area contributed by atoms with Crippen LogP contribution in [0.4, 0.5) is 0 Å². The van der Waals surface area contributed by atoms with Gasteiger partial charge in [0, 0.05) is 122 Å². The van der Waals surface area contributed by atoms with Crippen LogP contribution < -0.4 is 9.47 Å². The molecule has 0 bridgehead atoms. The largest absolute Gasteiger partial charge is 0.483 e. The summed E-state index contributed by atoms with van der Waals surface area (Å²) >= 11 is 3.07. The monoisotopic (exact) mass is 1930 g/mol. The fourth-order valence-electron chi connectivity index (χ4n) is 14.9. The van der Waals surface area contributed by atoms with Gasteiger partial charge in [-0.3, -0.25) is 4.40 Å². The molecule has 0 atom stereocenters. The molecule has 24 nitrogen and oxygen atoms in total. The predicted octanol–water partition coefficient (Wildman–Crippen LogP) is 28.0. The second-order valence-corrected chi connectivity index (χ2v) is 55.4. The molecular weight excluding hydrogens is 1760 g/mol. The van der Waals surface area contributed by atoms with E-state index in [4.69, 9.17) is 59.3 Å². The topological polar surface area (TPSA) is 288 Å². The lowest BCUT2D eigenvalue weighted by Gasteiger charge is -2.29. The van der Waals surface area contributed by atoms with Gasteiger partial charge < -0.3 is 14.5 Å². The number of hydrogen-bond donors (Lipinski definition) is 1. The van der Waals surface area contributed by atoms with E-state index in [1.165, 1.54) is 41.3 Å². The van der Waals surface area contributed by atoms with Crippen molar-refractivity contribution in [3.05, 3.63) is 182 Å². The first kappa shape index (κ1) is 113. The summed E-state index contributed by atoms with van der Waals surface area (Å²) in [6.07, 6.45) is 14.2. The maximum Gasteiger partial charge on any atom is 0.260 e. The molecule has 0 unspecified atom stereocenters. The fourth-order valence-corrected chi connectivity index (χ4v) is 16.5. The zero-order valence-corrected chi connectivity index (χ0v) is 95.9. The lowest BCUT2D eigenvalue weighted by Crippen LogP contribution is -2.27. The number of ether oxygens (including phenoxy) is 2. The molecule has 2 aliphatic rings. The standard InChI is InChI=1S/C16H26N2.C16H22N2.2C14H21N3.C14H22N2O2.C13H20N4.2C13H19N3S/c2*1-15(2,3)13-11-9-7-8-10-12(11)17-14(18-13)16(4,5)6;1-13(2,3)10-9-11-15-7-8-17(11)12(16-10)14(4,5)6;1-13(2,3)11-10-8-7-9-17(10)16-12(15-11)14(4,5)6;1-13(2,3)10-9-11(18-8-7-17-9)16-12(15-10)14(4,5)6;1-12(2,3)9-8-10(15-7-14-8)17-11(16-9)13(4,5)6;1-12(2,3)9-8-10(14-7-17-8)16-11(15-9)13(4,5)6;1-12(2,3)9-8-7-14-17-10(8)16-11(15-9)13(4,5)6/h7-10H2,1-6H3;7-10H,1-6H3;2*7-9H,1-6H3;7-8H2,1-6H3;7H,1-6H3,(H,14,15,16,17);2*7H,1-6H3. The van der Waals surface area contributed by atoms with E-state index in [2.05, 4.69) is 416 Å². The van der Waals surface area contributed by atoms with Crippen LogP contribution in [-0.2, 0) is 99.5 Å². The normalized spacial score (nSPS) is 14.0. The van der Waals surface area contributed by atoms with Gasteiger partial charge in [0.2, 0.25) is 5.75 Å². The third-order valence-electron chi connectivity index (χ3n) is 22.8. The molecule has 0 amide bonds. The molecule has 0 spiro atoms. The lowest BCUT2D eigenvalue weighted by molar-refractivity contribution is 0.157. The Kier molecular flexibility index (Phi) is 33.1. The number of rotatable bonds is 0. The third-order valence-corrected chi connectivity index (χ3v) is 24.3. The molecule has 0 radical (unpaired) electrons. The second kappa shape index (κ2) is 40.8. The zero-order valence-electron chi connectivity index (χ0n) is 94.3.